The normalized spacial score (nSPS) is 23.4. The zero-order chi connectivity index (χ0) is 16.6. The third kappa shape index (κ3) is 3.55. The van der Waals surface area contributed by atoms with Crippen molar-refractivity contribution in [3.63, 3.8) is 0 Å². The van der Waals surface area contributed by atoms with E-state index in [2.05, 4.69) is 9.71 Å². The van der Waals surface area contributed by atoms with Crippen LogP contribution in [0.25, 0.3) is 5.65 Å². The molecule has 3 rings (SSSR count). The Morgan fingerprint density at radius 1 is 1.35 bits per heavy atom. The summed E-state index contributed by atoms with van der Waals surface area (Å²) in [4.78, 5) is 4.48. The number of pyridine rings is 1. The quantitative estimate of drug-likeness (QED) is 0.905. The summed E-state index contributed by atoms with van der Waals surface area (Å²) in [6.07, 6.45) is 3.54. The summed E-state index contributed by atoms with van der Waals surface area (Å²) in [6.45, 7) is 6.64. The van der Waals surface area contributed by atoms with Gasteiger partial charge in [-0.3, -0.25) is 0 Å². The number of aryl methyl sites for hydroxylation is 1. The lowest BCUT2D eigenvalue weighted by molar-refractivity contribution is -0.0444. The van der Waals surface area contributed by atoms with Gasteiger partial charge in [-0.1, -0.05) is 6.07 Å². The molecule has 2 atom stereocenters. The molecule has 1 N–H and O–H groups in total. The van der Waals surface area contributed by atoms with Crippen molar-refractivity contribution in [2.24, 2.45) is 0 Å². The van der Waals surface area contributed by atoms with Crippen molar-refractivity contribution >= 4 is 15.9 Å². The van der Waals surface area contributed by atoms with Gasteiger partial charge in [0.05, 0.1) is 24.4 Å². The molecule has 0 unspecified atom stereocenters. The van der Waals surface area contributed by atoms with Gasteiger partial charge in [0, 0.05) is 25.5 Å². The highest BCUT2D eigenvalue weighted by atomic mass is 32.2. The van der Waals surface area contributed by atoms with Gasteiger partial charge < -0.3 is 9.14 Å². The average molecular weight is 338 g/mol. The van der Waals surface area contributed by atoms with Crippen LogP contribution in [0.4, 0.5) is 0 Å². The molecule has 0 amide bonds. The zero-order valence-electron chi connectivity index (χ0n) is 13.6. The van der Waals surface area contributed by atoms with Crippen molar-refractivity contribution < 1.29 is 13.2 Å². The van der Waals surface area contributed by atoms with Gasteiger partial charge in [-0.25, -0.2) is 4.98 Å². The number of hydrogen-bond donors (Lipinski definition) is 1. The van der Waals surface area contributed by atoms with Crippen LogP contribution >= 0.6 is 0 Å². The van der Waals surface area contributed by atoms with Crippen molar-refractivity contribution in [1.29, 1.82) is 0 Å². The molecule has 8 heteroatoms. The van der Waals surface area contributed by atoms with E-state index in [9.17, 15) is 8.42 Å². The summed E-state index contributed by atoms with van der Waals surface area (Å²) < 4.78 is 36.5. The Bertz CT molecular complexity index is 792. The lowest BCUT2D eigenvalue weighted by atomic mass is 10.3. The molecule has 7 nitrogen and oxygen atoms in total. The molecule has 0 radical (unpaired) electrons. The second-order valence-electron chi connectivity index (χ2n) is 6.05. The van der Waals surface area contributed by atoms with Gasteiger partial charge in [0.2, 0.25) is 0 Å². The zero-order valence-corrected chi connectivity index (χ0v) is 14.4. The topological polar surface area (TPSA) is 75.9 Å². The van der Waals surface area contributed by atoms with E-state index in [0.717, 1.165) is 11.2 Å². The number of hydrogen-bond acceptors (Lipinski definition) is 4. The van der Waals surface area contributed by atoms with E-state index >= 15 is 0 Å². The fourth-order valence-electron chi connectivity index (χ4n) is 2.87. The van der Waals surface area contributed by atoms with Gasteiger partial charge in [-0.15, -0.1) is 0 Å². The Balaban J connectivity index is 1.72. The van der Waals surface area contributed by atoms with Gasteiger partial charge in [0.25, 0.3) is 10.2 Å². The van der Waals surface area contributed by atoms with E-state index in [-0.39, 0.29) is 18.8 Å². The van der Waals surface area contributed by atoms with Crippen molar-refractivity contribution in [1.82, 2.24) is 18.4 Å². The molecule has 1 fully saturated rings. The van der Waals surface area contributed by atoms with Crippen molar-refractivity contribution in [2.75, 3.05) is 13.1 Å². The van der Waals surface area contributed by atoms with Crippen LogP contribution in [0, 0.1) is 6.92 Å². The molecule has 0 bridgehead atoms. The Kier molecular flexibility index (Phi) is 4.41. The van der Waals surface area contributed by atoms with Crippen LogP contribution in [0.15, 0.2) is 24.5 Å². The first-order valence-electron chi connectivity index (χ1n) is 7.68. The molecule has 1 aliphatic rings. The van der Waals surface area contributed by atoms with Crippen LogP contribution in [0.1, 0.15) is 25.1 Å². The summed E-state index contributed by atoms with van der Waals surface area (Å²) in [6, 6.07) is 3.92. The van der Waals surface area contributed by atoms with Crippen LogP contribution in [-0.4, -0.2) is 47.4 Å². The predicted molar refractivity (Wildman–Crippen MR) is 87.3 cm³/mol. The van der Waals surface area contributed by atoms with Gasteiger partial charge in [0.15, 0.2) is 0 Å². The van der Waals surface area contributed by atoms with Gasteiger partial charge in [0.1, 0.15) is 5.65 Å². The average Bonchev–Trinajstić information content (AvgIpc) is 2.89. The van der Waals surface area contributed by atoms with Crippen LogP contribution in [0.3, 0.4) is 0 Å². The summed E-state index contributed by atoms with van der Waals surface area (Å²) >= 11 is 0. The van der Waals surface area contributed by atoms with Crippen LogP contribution in [-0.2, 0) is 21.5 Å². The second kappa shape index (κ2) is 6.20. The molecule has 3 heterocycles. The fraction of sp³-hybridized carbons (Fsp3) is 0.533. The Morgan fingerprint density at radius 2 is 2.04 bits per heavy atom. The third-order valence-corrected chi connectivity index (χ3v) is 5.38. The Hall–Kier alpha value is -1.48. The maximum Gasteiger partial charge on any atom is 0.279 e. The highest BCUT2D eigenvalue weighted by Crippen LogP contribution is 2.14. The first kappa shape index (κ1) is 16.4. The maximum absolute atomic E-state index is 12.5. The number of fused-ring (bicyclic) bond motifs is 1. The molecule has 23 heavy (non-hydrogen) atoms. The van der Waals surface area contributed by atoms with Gasteiger partial charge in [-0.2, -0.15) is 17.4 Å². The first-order valence-corrected chi connectivity index (χ1v) is 9.12. The first-order chi connectivity index (χ1) is 10.8. The van der Waals surface area contributed by atoms with Gasteiger partial charge in [-0.05, 0) is 32.4 Å². The van der Waals surface area contributed by atoms with Crippen molar-refractivity contribution in [2.45, 2.75) is 39.5 Å². The maximum atomic E-state index is 12.5. The summed E-state index contributed by atoms with van der Waals surface area (Å²) in [5.41, 5.74) is 2.59. The number of aromatic nitrogens is 2. The summed E-state index contributed by atoms with van der Waals surface area (Å²) in [7, 11) is -3.54. The number of rotatable bonds is 4. The summed E-state index contributed by atoms with van der Waals surface area (Å²) in [5.74, 6) is 0. The SMILES string of the molecule is Cc1cccn2cc(CNS(=O)(=O)N3C[C@H](C)O[C@@H](C)C3)nc12. The van der Waals surface area contributed by atoms with E-state index in [1.807, 2.05) is 49.7 Å². The minimum atomic E-state index is -3.54. The van der Waals surface area contributed by atoms with Crippen LogP contribution in [0.2, 0.25) is 0 Å². The number of imidazole rings is 1. The Labute approximate surface area is 136 Å². The number of nitrogens with zero attached hydrogens (tertiary/aromatic N) is 3. The van der Waals surface area contributed by atoms with E-state index in [1.54, 1.807) is 0 Å². The lowest BCUT2D eigenvalue weighted by Crippen LogP contribution is -2.51. The van der Waals surface area contributed by atoms with Crippen molar-refractivity contribution in [3.05, 3.63) is 35.8 Å². The smallest absolute Gasteiger partial charge is 0.279 e. The van der Waals surface area contributed by atoms with Crippen LogP contribution in [0.5, 0.6) is 0 Å². The highest BCUT2D eigenvalue weighted by molar-refractivity contribution is 7.87. The minimum absolute atomic E-state index is 0.104. The molecule has 0 aliphatic carbocycles. The number of morpholine rings is 1. The molecular weight excluding hydrogens is 316 g/mol. The van der Waals surface area contributed by atoms with E-state index in [0.29, 0.717) is 18.8 Å². The van der Waals surface area contributed by atoms with E-state index in [1.165, 1.54) is 4.31 Å². The van der Waals surface area contributed by atoms with Crippen LogP contribution < -0.4 is 4.72 Å². The molecule has 1 aliphatic heterocycles. The third-order valence-electron chi connectivity index (χ3n) is 3.89. The Morgan fingerprint density at radius 3 is 2.70 bits per heavy atom. The molecule has 2 aromatic rings. The molecule has 2 aromatic heterocycles. The fourth-order valence-corrected chi connectivity index (χ4v) is 4.20. The van der Waals surface area contributed by atoms with E-state index in [4.69, 9.17) is 4.74 Å². The molecule has 0 aromatic carbocycles. The standard InChI is InChI=1S/C15H22N4O3S/c1-11-5-4-6-18-10-14(17-15(11)18)7-16-23(20,21)19-8-12(2)22-13(3)9-19/h4-6,10,12-13,16H,7-9H2,1-3H3/t12-,13-/m0/s1. The number of ether oxygens (including phenoxy) is 1. The number of nitrogens with one attached hydrogen (secondary N) is 1. The lowest BCUT2D eigenvalue weighted by Gasteiger charge is -2.34. The van der Waals surface area contributed by atoms with Gasteiger partial charge >= 0.3 is 0 Å². The molecule has 126 valence electrons. The molecule has 0 saturated carbocycles. The summed E-state index contributed by atoms with van der Waals surface area (Å²) in [5, 5.41) is 0. The largest absolute Gasteiger partial charge is 0.373 e. The monoisotopic (exact) mass is 338 g/mol. The van der Waals surface area contributed by atoms with Crippen molar-refractivity contribution in [3.8, 4) is 0 Å². The highest BCUT2D eigenvalue weighted by Gasteiger charge is 2.30. The molecule has 0 spiro atoms. The van der Waals surface area contributed by atoms with E-state index < -0.39 is 10.2 Å². The molecular formula is C15H22N4O3S. The second-order valence-corrected chi connectivity index (χ2v) is 7.81. The minimum Gasteiger partial charge on any atom is -0.373 e. The predicted octanol–water partition coefficient (Wildman–Crippen LogP) is 1.09. The molecule has 1 saturated heterocycles.